The Kier molecular flexibility index (Phi) is 4.54. The minimum Gasteiger partial charge on any atom is -0.481 e. The Labute approximate surface area is 116 Å². The smallest absolute Gasteiger partial charge is 0.260 e. The number of hydrogen-bond donors (Lipinski definition) is 0. The van der Waals surface area contributed by atoms with Crippen molar-refractivity contribution >= 4 is 5.91 Å². The Bertz CT molecular complexity index is 495. The molecule has 0 aliphatic carbocycles. The normalized spacial score (nSPS) is 22.7. The van der Waals surface area contributed by atoms with Gasteiger partial charge in [0.15, 0.2) is 18.2 Å². The molecule has 0 saturated carbocycles. The van der Waals surface area contributed by atoms with Gasteiger partial charge < -0.3 is 14.4 Å². The van der Waals surface area contributed by atoms with Gasteiger partial charge in [0.05, 0.1) is 18.8 Å². The molecule has 0 bridgehead atoms. The van der Waals surface area contributed by atoms with Crippen molar-refractivity contribution in [1.82, 2.24) is 4.90 Å². The molecule has 1 aromatic carbocycles. The van der Waals surface area contributed by atoms with Gasteiger partial charge in [0.25, 0.3) is 5.91 Å². The Morgan fingerprint density at radius 1 is 1.45 bits per heavy atom. The van der Waals surface area contributed by atoms with Gasteiger partial charge in [0.1, 0.15) is 5.82 Å². The largest absolute Gasteiger partial charge is 0.481 e. The second-order valence-corrected chi connectivity index (χ2v) is 4.90. The zero-order chi connectivity index (χ0) is 14.7. The summed E-state index contributed by atoms with van der Waals surface area (Å²) in [7, 11) is 0. The Morgan fingerprint density at radius 2 is 2.20 bits per heavy atom. The SMILES string of the molecule is CC1CN(C(=O)COc2ccc(F)cc2F)C(C)CO1. The summed E-state index contributed by atoms with van der Waals surface area (Å²) in [5, 5.41) is 0. The summed E-state index contributed by atoms with van der Waals surface area (Å²) >= 11 is 0. The molecular weight excluding hydrogens is 268 g/mol. The van der Waals surface area contributed by atoms with Gasteiger partial charge in [-0.05, 0) is 26.0 Å². The van der Waals surface area contributed by atoms with Crippen LogP contribution < -0.4 is 4.74 Å². The van der Waals surface area contributed by atoms with Crippen LogP contribution >= 0.6 is 0 Å². The summed E-state index contributed by atoms with van der Waals surface area (Å²) in [6, 6.07) is 2.94. The zero-order valence-electron chi connectivity index (χ0n) is 11.4. The molecule has 1 amide bonds. The molecule has 2 atom stereocenters. The number of carbonyl (C=O) groups excluding carboxylic acids is 1. The number of benzene rings is 1. The van der Waals surface area contributed by atoms with E-state index in [1.54, 1.807) is 4.90 Å². The lowest BCUT2D eigenvalue weighted by molar-refractivity contribution is -0.145. The van der Waals surface area contributed by atoms with Crippen LogP contribution in [0.2, 0.25) is 0 Å². The molecule has 0 radical (unpaired) electrons. The molecule has 20 heavy (non-hydrogen) atoms. The van der Waals surface area contributed by atoms with Gasteiger partial charge in [-0.25, -0.2) is 8.78 Å². The van der Waals surface area contributed by atoms with Gasteiger partial charge in [-0.2, -0.15) is 0 Å². The van der Waals surface area contributed by atoms with Crippen LogP contribution in [0.15, 0.2) is 18.2 Å². The van der Waals surface area contributed by atoms with Crippen LogP contribution in [0.4, 0.5) is 8.78 Å². The van der Waals surface area contributed by atoms with Gasteiger partial charge in [-0.15, -0.1) is 0 Å². The number of morpholine rings is 1. The summed E-state index contributed by atoms with van der Waals surface area (Å²) < 4.78 is 36.7. The third-order valence-corrected chi connectivity index (χ3v) is 3.17. The van der Waals surface area contributed by atoms with E-state index >= 15 is 0 Å². The van der Waals surface area contributed by atoms with E-state index < -0.39 is 11.6 Å². The number of amides is 1. The lowest BCUT2D eigenvalue weighted by Gasteiger charge is -2.36. The first-order chi connectivity index (χ1) is 9.47. The van der Waals surface area contributed by atoms with Crippen LogP contribution in [-0.4, -0.2) is 42.7 Å². The van der Waals surface area contributed by atoms with E-state index in [1.165, 1.54) is 6.07 Å². The fourth-order valence-electron chi connectivity index (χ4n) is 2.07. The highest BCUT2D eigenvalue weighted by Crippen LogP contribution is 2.18. The molecule has 4 nitrogen and oxygen atoms in total. The molecule has 1 fully saturated rings. The molecule has 1 aromatic rings. The molecule has 0 spiro atoms. The van der Waals surface area contributed by atoms with Crippen LogP contribution in [0.1, 0.15) is 13.8 Å². The van der Waals surface area contributed by atoms with Gasteiger partial charge in [0, 0.05) is 12.6 Å². The molecule has 0 N–H and O–H groups in total. The molecule has 110 valence electrons. The van der Waals surface area contributed by atoms with Crippen LogP contribution in [0.25, 0.3) is 0 Å². The predicted molar refractivity (Wildman–Crippen MR) is 68.4 cm³/mol. The van der Waals surface area contributed by atoms with E-state index in [4.69, 9.17) is 9.47 Å². The quantitative estimate of drug-likeness (QED) is 0.852. The fraction of sp³-hybridized carbons (Fsp3) is 0.500. The summed E-state index contributed by atoms with van der Waals surface area (Å²) in [5.41, 5.74) is 0. The highest BCUT2D eigenvalue weighted by Gasteiger charge is 2.27. The van der Waals surface area contributed by atoms with Crippen LogP contribution in [0.5, 0.6) is 5.75 Å². The fourth-order valence-corrected chi connectivity index (χ4v) is 2.07. The van der Waals surface area contributed by atoms with Crippen molar-refractivity contribution in [3.05, 3.63) is 29.8 Å². The lowest BCUT2D eigenvalue weighted by Crippen LogP contribution is -2.51. The van der Waals surface area contributed by atoms with Gasteiger partial charge in [0.2, 0.25) is 0 Å². The average Bonchev–Trinajstić information content (AvgIpc) is 2.40. The summed E-state index contributed by atoms with van der Waals surface area (Å²) in [5.74, 6) is -1.87. The molecule has 6 heteroatoms. The first-order valence-electron chi connectivity index (χ1n) is 6.46. The first kappa shape index (κ1) is 14.7. The topological polar surface area (TPSA) is 38.8 Å². The van der Waals surface area contributed by atoms with E-state index in [2.05, 4.69) is 0 Å². The Balaban J connectivity index is 1.94. The van der Waals surface area contributed by atoms with Crippen molar-refractivity contribution in [2.24, 2.45) is 0 Å². The number of rotatable bonds is 3. The molecule has 1 aliphatic rings. The average molecular weight is 285 g/mol. The maximum atomic E-state index is 13.4. The number of carbonyl (C=O) groups is 1. The number of hydrogen-bond acceptors (Lipinski definition) is 3. The second-order valence-electron chi connectivity index (χ2n) is 4.90. The Hall–Kier alpha value is -1.69. The number of nitrogens with zero attached hydrogens (tertiary/aromatic N) is 1. The monoisotopic (exact) mass is 285 g/mol. The van der Waals surface area contributed by atoms with Crippen LogP contribution in [0, 0.1) is 11.6 Å². The van der Waals surface area contributed by atoms with Crippen molar-refractivity contribution in [2.45, 2.75) is 26.0 Å². The molecule has 2 unspecified atom stereocenters. The van der Waals surface area contributed by atoms with E-state index in [0.29, 0.717) is 13.2 Å². The summed E-state index contributed by atoms with van der Waals surface area (Å²) in [6.07, 6.45) is -0.0299. The highest BCUT2D eigenvalue weighted by atomic mass is 19.1. The number of ether oxygens (including phenoxy) is 2. The maximum absolute atomic E-state index is 13.4. The third-order valence-electron chi connectivity index (χ3n) is 3.17. The summed E-state index contributed by atoms with van der Waals surface area (Å²) in [4.78, 5) is 13.7. The van der Waals surface area contributed by atoms with Crippen LogP contribution in [-0.2, 0) is 9.53 Å². The molecule has 0 aromatic heterocycles. The van der Waals surface area contributed by atoms with Crippen molar-refractivity contribution in [2.75, 3.05) is 19.8 Å². The predicted octanol–water partition coefficient (Wildman–Crippen LogP) is 1.98. The summed E-state index contributed by atoms with van der Waals surface area (Å²) in [6.45, 7) is 4.43. The molecule has 1 heterocycles. The van der Waals surface area contributed by atoms with Crippen molar-refractivity contribution < 1.29 is 23.0 Å². The minimum atomic E-state index is -0.818. The van der Waals surface area contributed by atoms with Gasteiger partial charge in [-0.1, -0.05) is 0 Å². The lowest BCUT2D eigenvalue weighted by atomic mass is 10.2. The standard InChI is InChI=1S/C14H17F2NO3/c1-9-7-19-10(2)6-17(9)14(18)8-20-13-4-3-11(15)5-12(13)16/h3-5,9-10H,6-8H2,1-2H3. The van der Waals surface area contributed by atoms with Crippen molar-refractivity contribution in [1.29, 1.82) is 0 Å². The third kappa shape index (κ3) is 3.45. The second kappa shape index (κ2) is 6.17. The van der Waals surface area contributed by atoms with Gasteiger partial charge >= 0.3 is 0 Å². The van der Waals surface area contributed by atoms with E-state index in [9.17, 15) is 13.6 Å². The minimum absolute atomic E-state index is 0.0299. The molecule has 2 rings (SSSR count). The van der Waals surface area contributed by atoms with E-state index in [1.807, 2.05) is 13.8 Å². The van der Waals surface area contributed by atoms with E-state index in [0.717, 1.165) is 12.1 Å². The zero-order valence-corrected chi connectivity index (χ0v) is 11.4. The number of halogens is 2. The van der Waals surface area contributed by atoms with Crippen molar-refractivity contribution in [3.8, 4) is 5.75 Å². The molecule has 1 saturated heterocycles. The van der Waals surface area contributed by atoms with Crippen LogP contribution in [0.3, 0.4) is 0 Å². The molecular formula is C14H17F2NO3. The van der Waals surface area contributed by atoms with Crippen molar-refractivity contribution in [3.63, 3.8) is 0 Å². The molecule has 1 aliphatic heterocycles. The highest BCUT2D eigenvalue weighted by molar-refractivity contribution is 5.78. The Morgan fingerprint density at radius 3 is 2.90 bits per heavy atom. The van der Waals surface area contributed by atoms with E-state index in [-0.39, 0.29) is 30.4 Å². The van der Waals surface area contributed by atoms with Gasteiger partial charge in [-0.3, -0.25) is 4.79 Å². The first-order valence-corrected chi connectivity index (χ1v) is 6.46. The maximum Gasteiger partial charge on any atom is 0.260 e.